The zero-order valence-electron chi connectivity index (χ0n) is 18.3. The SMILES string of the molecule is CNC(=O)c1cc(-c2cc(/C=C3/SC(=O)NC3=O)ccc2OC(F)(F)F)c2c(c1)C(C)(C)CO2. The third-order valence-corrected chi connectivity index (χ3v) is 6.15. The van der Waals surface area contributed by atoms with E-state index in [1.54, 1.807) is 6.07 Å². The summed E-state index contributed by atoms with van der Waals surface area (Å²) in [5.74, 6) is -1.17. The molecule has 0 aliphatic carbocycles. The zero-order chi connectivity index (χ0) is 24.8. The van der Waals surface area contributed by atoms with E-state index in [1.165, 1.54) is 31.3 Å². The number of ether oxygens (including phenoxy) is 2. The van der Waals surface area contributed by atoms with Crippen LogP contribution in [0.4, 0.5) is 18.0 Å². The summed E-state index contributed by atoms with van der Waals surface area (Å²) in [7, 11) is 1.45. The van der Waals surface area contributed by atoms with Gasteiger partial charge in [0.1, 0.15) is 11.5 Å². The average Bonchev–Trinajstić information content (AvgIpc) is 3.24. The summed E-state index contributed by atoms with van der Waals surface area (Å²) in [5.41, 5.74) is 1.03. The van der Waals surface area contributed by atoms with Crippen molar-refractivity contribution in [2.75, 3.05) is 13.7 Å². The fourth-order valence-corrected chi connectivity index (χ4v) is 4.41. The molecule has 3 amide bonds. The normalized spacial score (nSPS) is 17.9. The summed E-state index contributed by atoms with van der Waals surface area (Å²) in [4.78, 5) is 35.9. The molecule has 2 aromatic carbocycles. The number of hydrogen-bond donors (Lipinski definition) is 2. The van der Waals surface area contributed by atoms with Crippen LogP contribution in [0, 0.1) is 0 Å². The largest absolute Gasteiger partial charge is 0.573 e. The van der Waals surface area contributed by atoms with Gasteiger partial charge in [0.2, 0.25) is 0 Å². The Labute approximate surface area is 196 Å². The summed E-state index contributed by atoms with van der Waals surface area (Å²) in [6.07, 6.45) is -3.58. The molecule has 34 heavy (non-hydrogen) atoms. The molecule has 1 fully saturated rings. The molecule has 178 valence electrons. The Hall–Kier alpha value is -3.47. The quantitative estimate of drug-likeness (QED) is 0.606. The Bertz CT molecular complexity index is 1250. The van der Waals surface area contributed by atoms with Crippen LogP contribution in [-0.2, 0) is 10.2 Å². The van der Waals surface area contributed by atoms with Gasteiger partial charge in [0.25, 0.3) is 17.1 Å². The molecule has 2 aromatic rings. The zero-order valence-corrected chi connectivity index (χ0v) is 19.1. The van der Waals surface area contributed by atoms with Crippen molar-refractivity contribution in [3.05, 3.63) is 51.9 Å². The number of thioether (sulfide) groups is 1. The number of carbonyl (C=O) groups is 3. The minimum absolute atomic E-state index is 0.0149. The van der Waals surface area contributed by atoms with Crippen LogP contribution < -0.4 is 20.1 Å². The van der Waals surface area contributed by atoms with Crippen molar-refractivity contribution in [2.45, 2.75) is 25.6 Å². The third kappa shape index (κ3) is 4.60. The molecule has 1 saturated heterocycles. The van der Waals surface area contributed by atoms with Crippen molar-refractivity contribution < 1.29 is 37.0 Å². The van der Waals surface area contributed by atoms with Crippen molar-refractivity contribution in [1.29, 1.82) is 0 Å². The Morgan fingerprint density at radius 1 is 1.21 bits per heavy atom. The Morgan fingerprint density at radius 2 is 1.94 bits per heavy atom. The molecule has 0 saturated carbocycles. The predicted octanol–water partition coefficient (Wildman–Crippen LogP) is 4.61. The number of halogens is 3. The van der Waals surface area contributed by atoms with Gasteiger partial charge in [-0.3, -0.25) is 19.7 Å². The van der Waals surface area contributed by atoms with E-state index in [9.17, 15) is 27.6 Å². The number of carbonyl (C=O) groups excluding carboxylic acids is 3. The number of fused-ring (bicyclic) bond motifs is 1. The van der Waals surface area contributed by atoms with Crippen LogP contribution >= 0.6 is 11.8 Å². The highest BCUT2D eigenvalue weighted by atomic mass is 32.2. The van der Waals surface area contributed by atoms with Crippen LogP contribution in [0.15, 0.2) is 35.2 Å². The number of amides is 3. The van der Waals surface area contributed by atoms with E-state index in [2.05, 4.69) is 15.4 Å². The van der Waals surface area contributed by atoms with E-state index in [1.807, 2.05) is 13.8 Å². The molecule has 2 aliphatic rings. The van der Waals surface area contributed by atoms with Crippen LogP contribution in [0.5, 0.6) is 11.5 Å². The monoisotopic (exact) mass is 492 g/mol. The van der Waals surface area contributed by atoms with E-state index >= 15 is 0 Å². The van der Waals surface area contributed by atoms with Crippen molar-refractivity contribution in [1.82, 2.24) is 10.6 Å². The van der Waals surface area contributed by atoms with E-state index in [0.29, 0.717) is 28.6 Å². The van der Waals surface area contributed by atoms with Gasteiger partial charge in [0.05, 0.1) is 11.5 Å². The molecule has 11 heteroatoms. The lowest BCUT2D eigenvalue weighted by Gasteiger charge is -2.19. The van der Waals surface area contributed by atoms with Crippen molar-refractivity contribution in [3.63, 3.8) is 0 Å². The number of hydrogen-bond acceptors (Lipinski definition) is 6. The smallest absolute Gasteiger partial charge is 0.492 e. The lowest BCUT2D eigenvalue weighted by molar-refractivity contribution is -0.274. The maximum absolute atomic E-state index is 13.2. The number of rotatable bonds is 4. The van der Waals surface area contributed by atoms with Crippen molar-refractivity contribution in [2.24, 2.45) is 0 Å². The molecule has 0 unspecified atom stereocenters. The van der Waals surface area contributed by atoms with E-state index in [0.717, 1.165) is 6.07 Å². The van der Waals surface area contributed by atoms with Gasteiger partial charge in [-0.15, -0.1) is 13.2 Å². The first kappa shape index (κ1) is 23.7. The third-order valence-electron chi connectivity index (χ3n) is 5.34. The molecule has 0 radical (unpaired) electrons. The highest BCUT2D eigenvalue weighted by Crippen LogP contribution is 2.48. The summed E-state index contributed by atoms with van der Waals surface area (Å²) in [6, 6.07) is 6.94. The van der Waals surface area contributed by atoms with Gasteiger partial charge in [0.15, 0.2) is 0 Å². The van der Waals surface area contributed by atoms with Gasteiger partial charge in [-0.1, -0.05) is 19.9 Å². The molecule has 7 nitrogen and oxygen atoms in total. The first-order valence-electron chi connectivity index (χ1n) is 10.1. The van der Waals surface area contributed by atoms with Crippen LogP contribution in [0.3, 0.4) is 0 Å². The Morgan fingerprint density at radius 3 is 2.56 bits per heavy atom. The maximum Gasteiger partial charge on any atom is 0.573 e. The second kappa shape index (κ2) is 8.39. The van der Waals surface area contributed by atoms with E-state index in [-0.39, 0.29) is 28.2 Å². The van der Waals surface area contributed by atoms with Crippen LogP contribution in [-0.4, -0.2) is 37.1 Å². The van der Waals surface area contributed by atoms with Crippen LogP contribution in [0.2, 0.25) is 0 Å². The van der Waals surface area contributed by atoms with E-state index in [4.69, 9.17) is 4.74 Å². The molecular formula is C23H19F3N2O5S. The lowest BCUT2D eigenvalue weighted by Crippen LogP contribution is -2.21. The average molecular weight is 492 g/mol. The van der Waals surface area contributed by atoms with Crippen molar-refractivity contribution in [3.8, 4) is 22.6 Å². The minimum Gasteiger partial charge on any atom is -0.492 e. The fourth-order valence-electron chi connectivity index (χ4n) is 3.73. The highest BCUT2D eigenvalue weighted by molar-refractivity contribution is 8.18. The molecule has 0 spiro atoms. The summed E-state index contributed by atoms with van der Waals surface area (Å²) in [6.45, 7) is 4.07. The molecule has 2 heterocycles. The number of alkyl halides is 3. The standard InChI is InChI=1S/C23H19F3N2O5S/c1-22(2)10-32-18-14(8-12(9-15(18)22)19(29)27-3)13-6-11(4-5-16(13)33-23(24,25)26)7-17-20(30)28-21(31)34-17/h4-9H,10H2,1-3H3,(H,27,29)(H,28,30,31)/b17-7+. The second-order valence-electron chi connectivity index (χ2n) is 8.31. The Balaban J connectivity index is 1.94. The number of nitrogens with one attached hydrogen (secondary N) is 2. The van der Waals surface area contributed by atoms with E-state index < -0.39 is 34.6 Å². The molecule has 0 aromatic heterocycles. The molecule has 2 aliphatic heterocycles. The minimum atomic E-state index is -4.97. The molecule has 4 rings (SSSR count). The van der Waals surface area contributed by atoms with Gasteiger partial charge >= 0.3 is 6.36 Å². The maximum atomic E-state index is 13.2. The summed E-state index contributed by atoms with van der Waals surface area (Å²) in [5, 5.41) is 4.10. The number of benzene rings is 2. The number of imide groups is 1. The second-order valence-corrected chi connectivity index (χ2v) is 9.32. The first-order chi connectivity index (χ1) is 15.9. The molecule has 0 bridgehead atoms. The Kier molecular flexibility index (Phi) is 5.84. The summed E-state index contributed by atoms with van der Waals surface area (Å²) < 4.78 is 49.7. The molecule has 2 N–H and O–H groups in total. The van der Waals surface area contributed by atoms with Crippen molar-refractivity contribution >= 4 is 34.9 Å². The highest BCUT2D eigenvalue weighted by Gasteiger charge is 2.37. The topological polar surface area (TPSA) is 93.7 Å². The van der Waals surface area contributed by atoms with Gasteiger partial charge < -0.3 is 14.8 Å². The van der Waals surface area contributed by atoms with Crippen LogP contribution in [0.25, 0.3) is 17.2 Å². The molecule has 0 atom stereocenters. The predicted molar refractivity (Wildman–Crippen MR) is 120 cm³/mol. The van der Waals surface area contributed by atoms with Gasteiger partial charge in [-0.2, -0.15) is 0 Å². The van der Waals surface area contributed by atoms with Gasteiger partial charge in [-0.25, -0.2) is 0 Å². The molecular weight excluding hydrogens is 473 g/mol. The lowest BCUT2D eigenvalue weighted by atomic mass is 9.84. The van der Waals surface area contributed by atoms with Gasteiger partial charge in [0, 0.05) is 34.7 Å². The fraction of sp³-hybridized carbons (Fsp3) is 0.261. The summed E-state index contributed by atoms with van der Waals surface area (Å²) >= 11 is 0.686. The first-order valence-corrected chi connectivity index (χ1v) is 10.9. The van der Waals surface area contributed by atoms with Gasteiger partial charge in [-0.05, 0) is 47.7 Å². The van der Waals surface area contributed by atoms with Crippen LogP contribution in [0.1, 0.15) is 35.3 Å².